The number of rotatable bonds is 7. The summed E-state index contributed by atoms with van der Waals surface area (Å²) in [6.07, 6.45) is 10.3. The molecule has 4 heterocycles. The number of aliphatic hydroxyl groups excluding tert-OH is 1. The fourth-order valence-corrected chi connectivity index (χ4v) is 5.92. The molecular weight excluding hydrogens is 446 g/mol. The maximum Gasteiger partial charge on any atom is 0.223 e. The number of aryl methyl sites for hydroxylation is 1. The van der Waals surface area contributed by atoms with E-state index in [1.807, 2.05) is 25.3 Å². The molecular formula is C25H33N7OS. The van der Waals surface area contributed by atoms with Gasteiger partial charge in [0, 0.05) is 30.5 Å². The zero-order valence-corrected chi connectivity index (χ0v) is 20.5. The average Bonchev–Trinajstić information content (AvgIpc) is 3.46. The van der Waals surface area contributed by atoms with Gasteiger partial charge in [-0.15, -0.1) is 11.3 Å². The van der Waals surface area contributed by atoms with E-state index in [0.29, 0.717) is 17.8 Å². The van der Waals surface area contributed by atoms with Crippen molar-refractivity contribution in [1.82, 2.24) is 24.8 Å². The molecule has 2 aliphatic rings. The Bertz CT molecular complexity index is 1110. The van der Waals surface area contributed by atoms with E-state index in [9.17, 15) is 5.11 Å². The summed E-state index contributed by atoms with van der Waals surface area (Å²) in [4.78, 5) is 21.8. The van der Waals surface area contributed by atoms with Gasteiger partial charge in [-0.1, -0.05) is 25.3 Å². The number of aromatic nitrogens is 4. The maximum absolute atomic E-state index is 9.56. The van der Waals surface area contributed by atoms with Gasteiger partial charge in [0.05, 0.1) is 22.9 Å². The molecule has 0 aromatic carbocycles. The summed E-state index contributed by atoms with van der Waals surface area (Å²) in [5.74, 6) is 1.14. The van der Waals surface area contributed by atoms with E-state index in [4.69, 9.17) is 10.7 Å². The highest BCUT2D eigenvalue weighted by Gasteiger charge is 2.24. The van der Waals surface area contributed by atoms with E-state index in [1.165, 1.54) is 43.4 Å². The fourth-order valence-electron chi connectivity index (χ4n) is 4.99. The van der Waals surface area contributed by atoms with Crippen molar-refractivity contribution in [2.75, 3.05) is 24.2 Å². The summed E-state index contributed by atoms with van der Waals surface area (Å²) in [6.45, 7) is 4.03. The molecule has 180 valence electrons. The number of nitrogens with zero attached hydrogens (tertiary/aromatic N) is 5. The molecule has 5 rings (SSSR count). The first kappa shape index (κ1) is 23.1. The van der Waals surface area contributed by atoms with Crippen LogP contribution in [0.15, 0.2) is 24.4 Å². The Morgan fingerprint density at radius 3 is 2.71 bits per heavy atom. The number of likely N-dealkylation sites (tertiary alicyclic amines) is 1. The van der Waals surface area contributed by atoms with Crippen LogP contribution < -0.4 is 11.1 Å². The predicted octanol–water partition coefficient (Wildman–Crippen LogP) is 4.25. The number of hydrogen-bond acceptors (Lipinski definition) is 9. The maximum atomic E-state index is 9.56. The van der Waals surface area contributed by atoms with Crippen molar-refractivity contribution in [3.8, 4) is 21.3 Å². The number of nitrogen functional groups attached to an aromatic ring is 1. The van der Waals surface area contributed by atoms with Gasteiger partial charge in [0.1, 0.15) is 10.8 Å². The van der Waals surface area contributed by atoms with Gasteiger partial charge in [-0.25, -0.2) is 15.0 Å². The largest absolute Gasteiger partial charge is 0.395 e. The second-order valence-electron chi connectivity index (χ2n) is 9.43. The first-order chi connectivity index (χ1) is 16.6. The highest BCUT2D eigenvalue weighted by Crippen LogP contribution is 2.36. The zero-order valence-electron chi connectivity index (χ0n) is 19.7. The lowest BCUT2D eigenvalue weighted by Crippen LogP contribution is -2.31. The third kappa shape index (κ3) is 5.21. The molecule has 1 aliphatic heterocycles. The first-order valence-electron chi connectivity index (χ1n) is 12.3. The minimum absolute atomic E-state index is 0.215. The number of aliphatic hydroxyl groups is 1. The van der Waals surface area contributed by atoms with Crippen LogP contribution in [0.1, 0.15) is 56.2 Å². The summed E-state index contributed by atoms with van der Waals surface area (Å²) in [5.41, 5.74) is 9.97. The van der Waals surface area contributed by atoms with E-state index >= 15 is 0 Å². The third-order valence-corrected chi connectivity index (χ3v) is 7.93. The SMILES string of the molecule is Cc1cc(-c2sc(-c3ccc(CN4CCC[C@H]4CO)cn3)nc2N)nc(NC2CCCCC2)n1. The summed E-state index contributed by atoms with van der Waals surface area (Å²) in [7, 11) is 0. The summed E-state index contributed by atoms with van der Waals surface area (Å²) >= 11 is 1.51. The molecule has 0 amide bonds. The van der Waals surface area contributed by atoms with Crippen LogP contribution in [0.2, 0.25) is 0 Å². The molecule has 0 bridgehead atoms. The van der Waals surface area contributed by atoms with E-state index in [1.54, 1.807) is 0 Å². The molecule has 0 unspecified atom stereocenters. The lowest BCUT2D eigenvalue weighted by molar-refractivity contribution is 0.153. The standard InChI is InChI=1S/C25H33N7OS/c1-16-12-21(30-25(28-16)29-18-6-3-2-4-7-18)22-23(26)31-24(34-22)20-10-9-17(13-27-20)14-32-11-5-8-19(32)15-33/h9-10,12-13,18-19,33H,2-8,11,14-15,26H2,1H3,(H,28,29,30)/t19-/m0/s1. The quantitative estimate of drug-likeness (QED) is 0.461. The zero-order chi connectivity index (χ0) is 23.5. The summed E-state index contributed by atoms with van der Waals surface area (Å²) in [5, 5.41) is 13.9. The van der Waals surface area contributed by atoms with Gasteiger partial charge in [0.25, 0.3) is 0 Å². The molecule has 8 nitrogen and oxygen atoms in total. The fraction of sp³-hybridized carbons (Fsp3) is 0.520. The molecule has 1 saturated carbocycles. The van der Waals surface area contributed by atoms with Crippen LogP contribution in [0.25, 0.3) is 21.3 Å². The van der Waals surface area contributed by atoms with Gasteiger partial charge in [0.15, 0.2) is 0 Å². The highest BCUT2D eigenvalue weighted by atomic mass is 32.1. The number of pyridine rings is 1. The second kappa shape index (κ2) is 10.3. The molecule has 4 N–H and O–H groups in total. The van der Waals surface area contributed by atoms with Gasteiger partial charge in [0.2, 0.25) is 5.95 Å². The van der Waals surface area contributed by atoms with Gasteiger partial charge in [-0.3, -0.25) is 9.88 Å². The summed E-state index contributed by atoms with van der Waals surface area (Å²) in [6, 6.07) is 6.75. The van der Waals surface area contributed by atoms with Crippen molar-refractivity contribution in [3.05, 3.63) is 35.7 Å². The number of nitrogens with one attached hydrogen (secondary N) is 1. The Kier molecular flexibility index (Phi) is 7.03. The molecule has 3 aromatic heterocycles. The van der Waals surface area contributed by atoms with Crippen LogP contribution in [0, 0.1) is 6.92 Å². The van der Waals surface area contributed by atoms with Crippen molar-refractivity contribution in [2.45, 2.75) is 70.5 Å². The van der Waals surface area contributed by atoms with Crippen LogP contribution in [0.5, 0.6) is 0 Å². The van der Waals surface area contributed by atoms with Gasteiger partial charge in [-0.2, -0.15) is 0 Å². The second-order valence-corrected chi connectivity index (χ2v) is 10.4. The normalized spacial score (nSPS) is 19.5. The van der Waals surface area contributed by atoms with Gasteiger partial charge < -0.3 is 16.2 Å². The third-order valence-electron chi connectivity index (χ3n) is 6.82. The molecule has 1 atom stereocenters. The lowest BCUT2D eigenvalue weighted by Gasteiger charge is -2.23. The van der Waals surface area contributed by atoms with E-state index in [2.05, 4.69) is 31.2 Å². The van der Waals surface area contributed by atoms with Crippen LogP contribution in [0.3, 0.4) is 0 Å². The number of thiazole rings is 1. The number of hydrogen-bond donors (Lipinski definition) is 3. The predicted molar refractivity (Wildman–Crippen MR) is 137 cm³/mol. The topological polar surface area (TPSA) is 113 Å². The van der Waals surface area contributed by atoms with E-state index in [-0.39, 0.29) is 12.6 Å². The first-order valence-corrected chi connectivity index (χ1v) is 13.1. The molecule has 0 radical (unpaired) electrons. The van der Waals surface area contributed by atoms with Crippen molar-refractivity contribution in [3.63, 3.8) is 0 Å². The molecule has 9 heteroatoms. The van der Waals surface area contributed by atoms with Crippen molar-refractivity contribution >= 4 is 23.1 Å². The van der Waals surface area contributed by atoms with Crippen LogP contribution in [-0.2, 0) is 6.54 Å². The highest BCUT2D eigenvalue weighted by molar-refractivity contribution is 7.18. The van der Waals surface area contributed by atoms with Crippen LogP contribution in [-0.4, -0.2) is 55.2 Å². The van der Waals surface area contributed by atoms with Crippen LogP contribution in [0.4, 0.5) is 11.8 Å². The van der Waals surface area contributed by atoms with Crippen molar-refractivity contribution in [1.29, 1.82) is 0 Å². The molecule has 1 aliphatic carbocycles. The van der Waals surface area contributed by atoms with E-state index < -0.39 is 0 Å². The Balaban J connectivity index is 1.33. The Labute approximate surface area is 204 Å². The minimum Gasteiger partial charge on any atom is -0.395 e. The lowest BCUT2D eigenvalue weighted by atomic mass is 9.96. The van der Waals surface area contributed by atoms with Gasteiger partial charge >= 0.3 is 0 Å². The molecule has 34 heavy (non-hydrogen) atoms. The average molecular weight is 480 g/mol. The smallest absolute Gasteiger partial charge is 0.223 e. The molecule has 3 aromatic rings. The minimum atomic E-state index is 0.215. The number of anilines is 2. The Hall–Kier alpha value is -2.62. The van der Waals surface area contributed by atoms with Gasteiger partial charge in [-0.05, 0) is 56.8 Å². The Morgan fingerprint density at radius 1 is 1.09 bits per heavy atom. The Morgan fingerprint density at radius 2 is 1.94 bits per heavy atom. The molecule has 2 fully saturated rings. The van der Waals surface area contributed by atoms with Crippen molar-refractivity contribution < 1.29 is 5.11 Å². The molecule has 1 saturated heterocycles. The summed E-state index contributed by atoms with van der Waals surface area (Å²) < 4.78 is 0. The molecule has 0 spiro atoms. The van der Waals surface area contributed by atoms with E-state index in [0.717, 1.165) is 58.5 Å². The van der Waals surface area contributed by atoms with Crippen molar-refractivity contribution in [2.24, 2.45) is 0 Å². The monoisotopic (exact) mass is 479 g/mol. The van der Waals surface area contributed by atoms with Crippen LogP contribution >= 0.6 is 11.3 Å². The number of nitrogens with two attached hydrogens (primary N) is 1.